The third-order valence-electron chi connectivity index (χ3n) is 4.85. The molecule has 8 nitrogen and oxygen atoms in total. The van der Waals surface area contributed by atoms with Gasteiger partial charge in [-0.2, -0.15) is 4.98 Å². The monoisotopic (exact) mass is 433 g/mol. The van der Waals surface area contributed by atoms with Crippen LogP contribution >= 0.6 is 0 Å². The molecule has 4 rings (SSSR count). The van der Waals surface area contributed by atoms with Crippen LogP contribution in [0.3, 0.4) is 0 Å². The van der Waals surface area contributed by atoms with Crippen LogP contribution in [0.15, 0.2) is 63.5 Å². The Hall–Kier alpha value is -3.94. The highest BCUT2D eigenvalue weighted by Crippen LogP contribution is 2.22. The highest BCUT2D eigenvalue weighted by atomic mass is 16.5. The zero-order valence-electron chi connectivity index (χ0n) is 17.9. The first-order valence-electron chi connectivity index (χ1n) is 10.2. The van der Waals surface area contributed by atoms with Crippen molar-refractivity contribution in [2.24, 2.45) is 0 Å². The highest BCUT2D eigenvalue weighted by Gasteiger charge is 2.14. The normalized spacial score (nSPS) is 10.8. The highest BCUT2D eigenvalue weighted by molar-refractivity contribution is 5.72. The smallest absolute Gasteiger partial charge is 0.309 e. The largest absolute Gasteiger partial charge is 0.484 e. The number of esters is 1. The SMILES string of the molecule is COC(=O)Cc1cccc(OCc2nc(CCc3nc(-c4ccccc4)oc3C)no2)c1. The minimum Gasteiger partial charge on any atom is -0.484 e. The second-order valence-electron chi connectivity index (χ2n) is 7.18. The van der Waals surface area contributed by atoms with Gasteiger partial charge in [-0.1, -0.05) is 35.5 Å². The minimum atomic E-state index is -0.304. The molecule has 2 heterocycles. The number of carbonyl (C=O) groups is 1. The van der Waals surface area contributed by atoms with Crippen LogP contribution in [0.5, 0.6) is 5.75 Å². The van der Waals surface area contributed by atoms with Crippen molar-refractivity contribution >= 4 is 5.97 Å². The van der Waals surface area contributed by atoms with E-state index in [9.17, 15) is 4.79 Å². The molecule has 2 aromatic carbocycles. The molecule has 0 fully saturated rings. The van der Waals surface area contributed by atoms with Crippen molar-refractivity contribution in [2.45, 2.75) is 32.8 Å². The predicted octanol–water partition coefficient (Wildman–Crippen LogP) is 4.11. The maximum absolute atomic E-state index is 11.4. The predicted molar refractivity (Wildman–Crippen MR) is 115 cm³/mol. The number of oxazole rings is 1. The van der Waals surface area contributed by atoms with Gasteiger partial charge in [0.15, 0.2) is 12.4 Å². The first-order chi connectivity index (χ1) is 15.6. The number of ether oxygens (including phenoxy) is 2. The quantitative estimate of drug-likeness (QED) is 0.364. The Bertz CT molecular complexity index is 1180. The summed E-state index contributed by atoms with van der Waals surface area (Å²) in [6.45, 7) is 2.04. The van der Waals surface area contributed by atoms with Crippen LogP contribution in [0.2, 0.25) is 0 Å². The molecule has 0 saturated heterocycles. The van der Waals surface area contributed by atoms with Crippen molar-refractivity contribution in [3.63, 3.8) is 0 Å². The second kappa shape index (κ2) is 9.91. The van der Waals surface area contributed by atoms with Crippen LogP contribution in [-0.4, -0.2) is 28.2 Å². The summed E-state index contributed by atoms with van der Waals surface area (Å²) in [7, 11) is 1.36. The van der Waals surface area contributed by atoms with Crippen LogP contribution in [0.25, 0.3) is 11.5 Å². The molecule has 0 spiro atoms. The third kappa shape index (κ3) is 5.40. The van der Waals surface area contributed by atoms with Crippen molar-refractivity contribution in [3.05, 3.63) is 83.3 Å². The summed E-state index contributed by atoms with van der Waals surface area (Å²) in [5.41, 5.74) is 2.61. The van der Waals surface area contributed by atoms with E-state index in [1.807, 2.05) is 49.4 Å². The standard InChI is InChI=1S/C24H23N3O5/c1-16-20(25-24(31-16)18-8-4-3-5-9-18)11-12-21-26-22(32-27-21)15-30-19-10-6-7-17(13-19)14-23(28)29-2/h3-10,13H,11-12,14-15H2,1-2H3. The number of aromatic nitrogens is 3. The van der Waals surface area contributed by atoms with Gasteiger partial charge < -0.3 is 18.4 Å². The van der Waals surface area contributed by atoms with Gasteiger partial charge in [-0.05, 0) is 36.8 Å². The van der Waals surface area contributed by atoms with Crippen LogP contribution < -0.4 is 4.74 Å². The zero-order valence-corrected chi connectivity index (χ0v) is 17.9. The van der Waals surface area contributed by atoms with Gasteiger partial charge in [-0.15, -0.1) is 0 Å². The van der Waals surface area contributed by atoms with Crippen molar-refractivity contribution in [1.29, 1.82) is 0 Å². The molecule has 0 saturated carbocycles. The number of carbonyl (C=O) groups excluding carboxylic acids is 1. The minimum absolute atomic E-state index is 0.135. The topological polar surface area (TPSA) is 100 Å². The van der Waals surface area contributed by atoms with Crippen molar-refractivity contribution in [1.82, 2.24) is 15.1 Å². The Morgan fingerprint density at radius 1 is 1.03 bits per heavy atom. The molecule has 0 unspecified atom stereocenters. The van der Waals surface area contributed by atoms with E-state index >= 15 is 0 Å². The lowest BCUT2D eigenvalue weighted by molar-refractivity contribution is -0.139. The molecular weight excluding hydrogens is 410 g/mol. The van der Waals surface area contributed by atoms with E-state index in [0.717, 1.165) is 22.6 Å². The Labute approximate surface area is 185 Å². The summed E-state index contributed by atoms with van der Waals surface area (Å²) < 4.78 is 21.5. The summed E-state index contributed by atoms with van der Waals surface area (Å²) in [5.74, 6) is 2.64. The van der Waals surface area contributed by atoms with E-state index in [1.54, 1.807) is 12.1 Å². The summed E-state index contributed by atoms with van der Waals surface area (Å²) >= 11 is 0. The first-order valence-corrected chi connectivity index (χ1v) is 10.2. The van der Waals surface area contributed by atoms with Gasteiger partial charge in [0.1, 0.15) is 11.5 Å². The molecule has 0 aliphatic carbocycles. The Balaban J connectivity index is 1.32. The molecule has 0 amide bonds. The van der Waals surface area contributed by atoms with Crippen LogP contribution in [0, 0.1) is 6.92 Å². The number of rotatable bonds is 9. The molecule has 2 aromatic heterocycles. The summed E-state index contributed by atoms with van der Waals surface area (Å²) in [6.07, 6.45) is 1.39. The zero-order chi connectivity index (χ0) is 22.3. The lowest BCUT2D eigenvalue weighted by Crippen LogP contribution is -2.04. The Morgan fingerprint density at radius 3 is 2.69 bits per heavy atom. The summed E-state index contributed by atoms with van der Waals surface area (Å²) in [4.78, 5) is 20.4. The average Bonchev–Trinajstić information content (AvgIpc) is 3.43. The lowest BCUT2D eigenvalue weighted by atomic mass is 10.1. The number of hydrogen-bond acceptors (Lipinski definition) is 8. The molecule has 164 valence electrons. The van der Waals surface area contributed by atoms with E-state index in [-0.39, 0.29) is 19.0 Å². The van der Waals surface area contributed by atoms with Crippen LogP contribution in [0.1, 0.15) is 28.7 Å². The second-order valence-corrected chi connectivity index (χ2v) is 7.18. The van der Waals surface area contributed by atoms with Gasteiger partial charge in [0.05, 0.1) is 19.2 Å². The summed E-state index contributed by atoms with van der Waals surface area (Å²) in [6, 6.07) is 17.0. The fourth-order valence-electron chi connectivity index (χ4n) is 3.17. The molecular formula is C24H23N3O5. The Kier molecular flexibility index (Phi) is 6.60. The van der Waals surface area contributed by atoms with Gasteiger partial charge in [0.2, 0.25) is 5.89 Å². The number of hydrogen-bond donors (Lipinski definition) is 0. The number of benzene rings is 2. The van der Waals surface area contributed by atoms with Crippen LogP contribution in [-0.2, 0) is 35.4 Å². The van der Waals surface area contributed by atoms with E-state index in [2.05, 4.69) is 19.9 Å². The van der Waals surface area contributed by atoms with E-state index in [0.29, 0.717) is 36.2 Å². The fraction of sp³-hybridized carbons (Fsp3) is 0.250. The van der Waals surface area contributed by atoms with E-state index in [1.165, 1.54) is 7.11 Å². The molecule has 0 atom stereocenters. The van der Waals surface area contributed by atoms with E-state index < -0.39 is 0 Å². The van der Waals surface area contributed by atoms with Gasteiger partial charge in [0.25, 0.3) is 5.89 Å². The Morgan fingerprint density at radius 2 is 1.88 bits per heavy atom. The molecule has 0 aliphatic heterocycles. The number of nitrogens with zero attached hydrogens (tertiary/aromatic N) is 3. The molecule has 0 N–H and O–H groups in total. The lowest BCUT2D eigenvalue weighted by Gasteiger charge is -2.05. The molecule has 0 aliphatic rings. The van der Waals surface area contributed by atoms with Gasteiger partial charge in [0, 0.05) is 18.4 Å². The molecule has 8 heteroatoms. The maximum atomic E-state index is 11.4. The number of methoxy groups -OCH3 is 1. The van der Waals surface area contributed by atoms with Gasteiger partial charge in [-0.25, -0.2) is 4.98 Å². The van der Waals surface area contributed by atoms with Crippen molar-refractivity contribution in [3.8, 4) is 17.2 Å². The molecule has 4 aromatic rings. The van der Waals surface area contributed by atoms with Gasteiger partial charge in [-0.3, -0.25) is 4.79 Å². The molecule has 32 heavy (non-hydrogen) atoms. The van der Waals surface area contributed by atoms with E-state index in [4.69, 9.17) is 13.7 Å². The fourth-order valence-corrected chi connectivity index (χ4v) is 3.17. The molecule has 0 radical (unpaired) electrons. The summed E-state index contributed by atoms with van der Waals surface area (Å²) in [5, 5.41) is 4.02. The van der Waals surface area contributed by atoms with Crippen molar-refractivity contribution < 1.29 is 23.2 Å². The van der Waals surface area contributed by atoms with Crippen LogP contribution in [0.4, 0.5) is 0 Å². The average molecular weight is 433 g/mol. The third-order valence-corrected chi connectivity index (χ3v) is 4.85. The van der Waals surface area contributed by atoms with Gasteiger partial charge >= 0.3 is 5.97 Å². The first kappa shape index (κ1) is 21.3. The maximum Gasteiger partial charge on any atom is 0.309 e. The van der Waals surface area contributed by atoms with Crippen molar-refractivity contribution in [2.75, 3.05) is 7.11 Å². The number of aryl methyl sites for hydroxylation is 3. The molecule has 0 bridgehead atoms.